The number of benzene rings is 2. The maximum absolute atomic E-state index is 13.2. The number of carbonyl (C=O) groups is 2. The number of aliphatic hydroxyl groups is 1. The Morgan fingerprint density at radius 1 is 1.16 bits per heavy atom. The number of nitrogens with zero attached hydrogens (tertiary/aromatic N) is 1. The summed E-state index contributed by atoms with van der Waals surface area (Å²) in [6.07, 6.45) is 5.82. The van der Waals surface area contributed by atoms with Crippen LogP contribution in [0.1, 0.15) is 61.6 Å². The van der Waals surface area contributed by atoms with Gasteiger partial charge in [0.1, 0.15) is 0 Å². The second-order valence-corrected chi connectivity index (χ2v) is 10.3. The average Bonchev–Trinajstić information content (AvgIpc) is 3.52. The summed E-state index contributed by atoms with van der Waals surface area (Å²) in [5.41, 5.74) is 6.30. The predicted octanol–water partition coefficient (Wildman–Crippen LogP) is 4.14. The van der Waals surface area contributed by atoms with Crippen LogP contribution in [0.5, 0.6) is 0 Å². The van der Waals surface area contributed by atoms with Crippen molar-refractivity contribution in [2.24, 2.45) is 5.92 Å². The van der Waals surface area contributed by atoms with Crippen LogP contribution in [-0.2, 0) is 25.5 Å². The molecular weight excluding hydrogens is 480 g/mol. The number of allylic oxidation sites excluding steroid dienone is 1. The topological polar surface area (TPSA) is 88.1 Å². The highest BCUT2D eigenvalue weighted by molar-refractivity contribution is 5.91. The third-order valence-corrected chi connectivity index (χ3v) is 7.94. The molecule has 2 aromatic rings. The Morgan fingerprint density at radius 2 is 2.00 bits per heavy atom. The minimum atomic E-state index is -0.579. The van der Waals surface area contributed by atoms with Gasteiger partial charge in [-0.05, 0) is 72.9 Å². The van der Waals surface area contributed by atoms with E-state index in [2.05, 4.69) is 47.8 Å². The fourth-order valence-corrected chi connectivity index (χ4v) is 6.12. The van der Waals surface area contributed by atoms with Gasteiger partial charge in [-0.3, -0.25) is 9.59 Å². The van der Waals surface area contributed by atoms with Crippen molar-refractivity contribution in [3.63, 3.8) is 0 Å². The normalized spacial score (nSPS) is 22.1. The van der Waals surface area contributed by atoms with E-state index in [4.69, 9.17) is 9.47 Å². The molecular formula is C31H38N2O5. The Balaban J connectivity index is 1.39. The predicted molar refractivity (Wildman–Crippen MR) is 145 cm³/mol. The van der Waals surface area contributed by atoms with E-state index < -0.39 is 6.29 Å². The summed E-state index contributed by atoms with van der Waals surface area (Å²) in [6, 6.07) is 14.9. The lowest BCUT2D eigenvalue weighted by molar-refractivity contribution is -0.166. The van der Waals surface area contributed by atoms with E-state index in [0.717, 1.165) is 25.8 Å². The van der Waals surface area contributed by atoms with Gasteiger partial charge in [-0.15, -0.1) is 0 Å². The molecule has 1 aliphatic carbocycles. The molecule has 1 fully saturated rings. The van der Waals surface area contributed by atoms with E-state index in [1.165, 1.54) is 27.8 Å². The van der Waals surface area contributed by atoms with Crippen LogP contribution in [0.3, 0.4) is 0 Å². The van der Waals surface area contributed by atoms with Gasteiger partial charge in [0.05, 0.1) is 0 Å². The lowest BCUT2D eigenvalue weighted by Gasteiger charge is -2.37. The lowest BCUT2D eigenvalue weighted by atomic mass is 9.78. The van der Waals surface area contributed by atoms with Gasteiger partial charge in [0.15, 0.2) is 5.76 Å². The summed E-state index contributed by atoms with van der Waals surface area (Å²) < 4.78 is 12.2. The summed E-state index contributed by atoms with van der Waals surface area (Å²) in [4.78, 5) is 27.0. The monoisotopic (exact) mass is 518 g/mol. The van der Waals surface area contributed by atoms with Gasteiger partial charge in [0.2, 0.25) is 12.2 Å². The van der Waals surface area contributed by atoms with Crippen molar-refractivity contribution in [2.45, 2.75) is 57.7 Å². The molecule has 0 saturated carbocycles. The third kappa shape index (κ3) is 5.49. The van der Waals surface area contributed by atoms with E-state index in [1.54, 1.807) is 0 Å². The first kappa shape index (κ1) is 26.4. The third-order valence-electron chi connectivity index (χ3n) is 7.94. The molecule has 0 aromatic heterocycles. The fraction of sp³-hybridized carbons (Fsp3) is 0.484. The van der Waals surface area contributed by atoms with E-state index >= 15 is 0 Å². The molecule has 38 heavy (non-hydrogen) atoms. The number of amides is 2. The fourth-order valence-electron chi connectivity index (χ4n) is 6.12. The SMILES string of the molecule is CCO[C@@H]1OC(C(=O)NCCCN2CCCC2=O)=C[C@H](c2cccc3c2Cc2ccccc2-3)[C@H]1CCCO. The van der Waals surface area contributed by atoms with Crippen molar-refractivity contribution < 1.29 is 24.2 Å². The number of nitrogens with one attached hydrogen (secondary N) is 1. The number of carbonyl (C=O) groups excluding carboxylic acids is 2. The van der Waals surface area contributed by atoms with Crippen molar-refractivity contribution >= 4 is 11.8 Å². The van der Waals surface area contributed by atoms with Crippen molar-refractivity contribution in [1.29, 1.82) is 0 Å². The van der Waals surface area contributed by atoms with Gasteiger partial charge in [-0.2, -0.15) is 0 Å². The van der Waals surface area contributed by atoms with E-state index in [1.807, 2.05) is 17.9 Å². The second kappa shape index (κ2) is 12.1. The molecule has 2 heterocycles. The maximum Gasteiger partial charge on any atom is 0.286 e. The Hall–Kier alpha value is -3.16. The molecule has 1 saturated heterocycles. The van der Waals surface area contributed by atoms with Crippen molar-refractivity contribution in [2.75, 3.05) is 32.8 Å². The van der Waals surface area contributed by atoms with Crippen LogP contribution >= 0.6 is 0 Å². The Labute approximate surface area is 224 Å². The number of hydrogen-bond donors (Lipinski definition) is 2. The Morgan fingerprint density at radius 3 is 2.79 bits per heavy atom. The zero-order valence-corrected chi connectivity index (χ0v) is 22.2. The van der Waals surface area contributed by atoms with Crippen LogP contribution in [-0.4, -0.2) is 61.0 Å². The Bertz CT molecular complexity index is 1190. The van der Waals surface area contributed by atoms with Crippen LogP contribution in [0.4, 0.5) is 0 Å². The number of ether oxygens (including phenoxy) is 2. The summed E-state index contributed by atoms with van der Waals surface area (Å²) >= 11 is 0. The zero-order chi connectivity index (χ0) is 26.5. The molecule has 3 aliphatic rings. The minimum absolute atomic E-state index is 0.0324. The Kier molecular flexibility index (Phi) is 8.45. The van der Waals surface area contributed by atoms with Gasteiger partial charge < -0.3 is 24.8 Å². The molecule has 0 unspecified atom stereocenters. The van der Waals surface area contributed by atoms with E-state index in [0.29, 0.717) is 39.0 Å². The second-order valence-electron chi connectivity index (χ2n) is 10.3. The first-order chi connectivity index (χ1) is 18.6. The smallest absolute Gasteiger partial charge is 0.286 e. The number of rotatable bonds is 11. The first-order valence-corrected chi connectivity index (χ1v) is 14.0. The molecule has 0 spiro atoms. The van der Waals surface area contributed by atoms with Gasteiger partial charge in [-0.1, -0.05) is 42.5 Å². The van der Waals surface area contributed by atoms with Crippen molar-refractivity contribution in [3.05, 3.63) is 71.0 Å². The van der Waals surface area contributed by atoms with Crippen LogP contribution in [0.2, 0.25) is 0 Å². The molecule has 2 N–H and O–H groups in total. The van der Waals surface area contributed by atoms with Crippen LogP contribution in [0, 0.1) is 5.92 Å². The van der Waals surface area contributed by atoms with Gasteiger partial charge in [-0.25, -0.2) is 0 Å². The largest absolute Gasteiger partial charge is 0.459 e. The first-order valence-electron chi connectivity index (χ1n) is 14.0. The van der Waals surface area contributed by atoms with E-state index in [9.17, 15) is 14.7 Å². The molecule has 202 valence electrons. The van der Waals surface area contributed by atoms with Crippen LogP contribution < -0.4 is 5.32 Å². The number of hydrogen-bond acceptors (Lipinski definition) is 5. The zero-order valence-electron chi connectivity index (χ0n) is 22.2. The standard InChI is InChI=1S/C31H38N2O5/c1-2-37-31-25(13-7-18-34)27(24-12-5-11-23-22-10-4-3-9-21(22)19-26(23)24)20-28(38-31)30(36)32-15-8-17-33-16-6-14-29(33)35/h3-5,9-12,20,25,27,31,34H,2,6-8,13-19H2,1H3,(H,32,36)/t25-,27-,31-/m1/s1. The van der Waals surface area contributed by atoms with E-state index in [-0.39, 0.29) is 36.0 Å². The van der Waals surface area contributed by atoms with Crippen LogP contribution in [0.15, 0.2) is 54.3 Å². The number of aliphatic hydroxyl groups excluding tert-OH is 1. The maximum atomic E-state index is 13.2. The molecule has 0 radical (unpaired) electrons. The summed E-state index contributed by atoms with van der Waals surface area (Å²) in [6.45, 7) is 4.41. The highest BCUT2D eigenvalue weighted by Gasteiger charge is 2.39. The summed E-state index contributed by atoms with van der Waals surface area (Å²) in [7, 11) is 0. The molecule has 2 amide bonds. The summed E-state index contributed by atoms with van der Waals surface area (Å²) in [5.74, 6) is 0.0978. The highest BCUT2D eigenvalue weighted by atomic mass is 16.7. The van der Waals surface area contributed by atoms with Crippen molar-refractivity contribution in [3.8, 4) is 11.1 Å². The molecule has 7 nitrogen and oxygen atoms in total. The van der Waals surface area contributed by atoms with Crippen LogP contribution in [0.25, 0.3) is 11.1 Å². The average molecular weight is 519 g/mol. The molecule has 0 bridgehead atoms. The highest BCUT2D eigenvalue weighted by Crippen LogP contribution is 2.45. The van der Waals surface area contributed by atoms with Gasteiger partial charge >= 0.3 is 0 Å². The lowest BCUT2D eigenvalue weighted by Crippen LogP contribution is -2.39. The molecule has 2 aromatic carbocycles. The minimum Gasteiger partial charge on any atom is -0.459 e. The summed E-state index contributed by atoms with van der Waals surface area (Å²) in [5, 5.41) is 12.6. The van der Waals surface area contributed by atoms with Crippen molar-refractivity contribution in [1.82, 2.24) is 10.2 Å². The molecule has 2 aliphatic heterocycles. The molecule has 5 rings (SSSR count). The molecule has 3 atom stereocenters. The number of likely N-dealkylation sites (tertiary alicyclic amines) is 1. The quantitative estimate of drug-likeness (QED) is 0.373. The molecule has 7 heteroatoms. The van der Waals surface area contributed by atoms with Gasteiger partial charge in [0.25, 0.3) is 5.91 Å². The van der Waals surface area contributed by atoms with Gasteiger partial charge in [0, 0.05) is 51.1 Å². The number of fused-ring (bicyclic) bond motifs is 3.